The summed E-state index contributed by atoms with van der Waals surface area (Å²) in [5, 5.41) is 0. The molecule has 3 rings (SSSR count). The minimum absolute atomic E-state index is 0.244. The molecule has 0 radical (unpaired) electrons. The summed E-state index contributed by atoms with van der Waals surface area (Å²) in [5.41, 5.74) is 2.88. The summed E-state index contributed by atoms with van der Waals surface area (Å²) >= 11 is 0. The van der Waals surface area contributed by atoms with Crippen LogP contribution in [0.25, 0.3) is 6.08 Å². The van der Waals surface area contributed by atoms with Gasteiger partial charge in [-0.25, -0.2) is 4.79 Å². The van der Waals surface area contributed by atoms with Gasteiger partial charge in [0.2, 0.25) is 0 Å². The first-order chi connectivity index (χ1) is 10.8. The molecule has 0 bridgehead atoms. The average Bonchev–Trinajstić information content (AvgIpc) is 2.96. The Labute approximate surface area is 129 Å². The Morgan fingerprint density at radius 1 is 1.27 bits per heavy atom. The van der Waals surface area contributed by atoms with Crippen LogP contribution >= 0.6 is 0 Å². The predicted octanol–water partition coefficient (Wildman–Crippen LogP) is 3.33. The van der Waals surface area contributed by atoms with E-state index in [0.717, 1.165) is 35.4 Å². The van der Waals surface area contributed by atoms with Gasteiger partial charge in [0, 0.05) is 17.8 Å². The summed E-state index contributed by atoms with van der Waals surface area (Å²) in [7, 11) is 1.60. The molecule has 4 heteroatoms. The largest absolute Gasteiger partial charge is 0.496 e. The van der Waals surface area contributed by atoms with Crippen LogP contribution in [0, 0.1) is 0 Å². The van der Waals surface area contributed by atoms with E-state index in [4.69, 9.17) is 9.47 Å². The van der Waals surface area contributed by atoms with Crippen LogP contribution < -0.4 is 4.74 Å². The van der Waals surface area contributed by atoms with Crippen LogP contribution in [0.2, 0.25) is 0 Å². The first kappa shape index (κ1) is 14.3. The van der Waals surface area contributed by atoms with Gasteiger partial charge in [-0.2, -0.15) is 0 Å². The fourth-order valence-corrected chi connectivity index (χ4v) is 2.63. The molecule has 0 spiro atoms. The lowest BCUT2D eigenvalue weighted by Crippen LogP contribution is -2.07. The van der Waals surface area contributed by atoms with Crippen molar-refractivity contribution in [1.29, 1.82) is 0 Å². The third-order valence-electron chi connectivity index (χ3n) is 3.70. The number of carbonyl (C=O) groups is 1. The Bertz CT molecular complexity index is 709. The van der Waals surface area contributed by atoms with E-state index in [1.54, 1.807) is 19.4 Å². The van der Waals surface area contributed by atoms with Crippen LogP contribution in [0.3, 0.4) is 0 Å². The summed E-state index contributed by atoms with van der Waals surface area (Å²) in [5.74, 6) is 0.355. The van der Waals surface area contributed by atoms with Gasteiger partial charge in [0.25, 0.3) is 0 Å². The molecule has 0 fully saturated rings. The molecule has 4 nitrogen and oxygen atoms in total. The molecular formula is C18H17NO3. The van der Waals surface area contributed by atoms with Crippen LogP contribution in [0.1, 0.15) is 29.3 Å². The number of para-hydroxylation sites is 1. The van der Waals surface area contributed by atoms with Crippen molar-refractivity contribution in [1.82, 2.24) is 4.98 Å². The molecule has 0 aliphatic heterocycles. The number of benzene rings is 1. The molecule has 1 atom stereocenters. The number of pyridine rings is 1. The molecule has 0 saturated heterocycles. The molecule has 1 heterocycles. The average molecular weight is 295 g/mol. The second kappa shape index (κ2) is 6.43. The summed E-state index contributed by atoms with van der Waals surface area (Å²) < 4.78 is 10.7. The van der Waals surface area contributed by atoms with Gasteiger partial charge >= 0.3 is 5.97 Å². The van der Waals surface area contributed by atoms with Gasteiger partial charge in [0.05, 0.1) is 12.8 Å². The van der Waals surface area contributed by atoms with Gasteiger partial charge in [0.15, 0.2) is 0 Å². The molecule has 0 N–H and O–H groups in total. The predicted molar refractivity (Wildman–Crippen MR) is 83.4 cm³/mol. The standard InChI is InChI=1S/C18H17NO3/c1-21-15-7-3-2-5-13(15)9-11-17(20)22-16-10-8-14-6-4-12-19-18(14)16/h2-7,9,11-12,16H,8,10H2,1H3/b11-9+. The minimum atomic E-state index is -0.366. The second-order valence-electron chi connectivity index (χ2n) is 5.09. The van der Waals surface area contributed by atoms with Gasteiger partial charge in [0.1, 0.15) is 11.9 Å². The normalized spacial score (nSPS) is 16.5. The van der Waals surface area contributed by atoms with Crippen LogP contribution in [0.4, 0.5) is 0 Å². The van der Waals surface area contributed by atoms with Crippen molar-refractivity contribution in [2.45, 2.75) is 18.9 Å². The molecule has 112 valence electrons. The number of aromatic nitrogens is 1. The number of aryl methyl sites for hydroxylation is 1. The topological polar surface area (TPSA) is 48.4 Å². The Kier molecular flexibility index (Phi) is 4.19. The molecule has 1 aliphatic carbocycles. The zero-order chi connectivity index (χ0) is 15.4. The summed E-state index contributed by atoms with van der Waals surface area (Å²) in [6, 6.07) is 11.4. The van der Waals surface area contributed by atoms with Crippen LogP contribution in [0.15, 0.2) is 48.7 Å². The van der Waals surface area contributed by atoms with Crippen LogP contribution in [0.5, 0.6) is 5.75 Å². The van der Waals surface area contributed by atoms with E-state index in [1.165, 1.54) is 6.08 Å². The van der Waals surface area contributed by atoms with Crippen molar-refractivity contribution in [2.75, 3.05) is 7.11 Å². The quantitative estimate of drug-likeness (QED) is 0.641. The lowest BCUT2D eigenvalue weighted by atomic mass is 10.2. The molecule has 2 aromatic rings. The van der Waals surface area contributed by atoms with Gasteiger partial charge in [-0.3, -0.25) is 4.98 Å². The molecule has 1 unspecified atom stereocenters. The summed E-state index contributed by atoms with van der Waals surface area (Å²) in [6.45, 7) is 0. The number of hydrogen-bond donors (Lipinski definition) is 0. The van der Waals surface area contributed by atoms with E-state index < -0.39 is 0 Å². The van der Waals surface area contributed by atoms with E-state index in [2.05, 4.69) is 4.98 Å². The van der Waals surface area contributed by atoms with Crippen molar-refractivity contribution in [3.8, 4) is 5.75 Å². The number of hydrogen-bond acceptors (Lipinski definition) is 4. The molecule has 0 amide bonds. The smallest absolute Gasteiger partial charge is 0.331 e. The fourth-order valence-electron chi connectivity index (χ4n) is 2.63. The van der Waals surface area contributed by atoms with Crippen molar-refractivity contribution < 1.29 is 14.3 Å². The third-order valence-corrected chi connectivity index (χ3v) is 3.70. The number of nitrogens with zero attached hydrogens (tertiary/aromatic N) is 1. The van der Waals surface area contributed by atoms with Gasteiger partial charge in [-0.15, -0.1) is 0 Å². The van der Waals surface area contributed by atoms with Crippen molar-refractivity contribution >= 4 is 12.0 Å². The van der Waals surface area contributed by atoms with E-state index in [1.807, 2.05) is 36.4 Å². The maximum absolute atomic E-state index is 12.0. The zero-order valence-corrected chi connectivity index (χ0v) is 12.4. The monoisotopic (exact) mass is 295 g/mol. The minimum Gasteiger partial charge on any atom is -0.496 e. The second-order valence-corrected chi connectivity index (χ2v) is 5.09. The maximum atomic E-state index is 12.0. The fraction of sp³-hybridized carbons (Fsp3) is 0.222. The Balaban J connectivity index is 1.67. The molecule has 0 saturated carbocycles. The van der Waals surface area contributed by atoms with Crippen LogP contribution in [-0.4, -0.2) is 18.1 Å². The highest BCUT2D eigenvalue weighted by molar-refractivity contribution is 5.87. The highest BCUT2D eigenvalue weighted by Crippen LogP contribution is 2.32. The first-order valence-electron chi connectivity index (χ1n) is 7.23. The highest BCUT2D eigenvalue weighted by Gasteiger charge is 2.26. The number of ether oxygens (including phenoxy) is 2. The number of fused-ring (bicyclic) bond motifs is 1. The number of methoxy groups -OCH3 is 1. The highest BCUT2D eigenvalue weighted by atomic mass is 16.5. The van der Waals surface area contributed by atoms with Gasteiger partial charge < -0.3 is 9.47 Å². The van der Waals surface area contributed by atoms with E-state index in [9.17, 15) is 4.79 Å². The summed E-state index contributed by atoms with van der Waals surface area (Å²) in [6.07, 6.45) is 6.31. The molecule has 1 aromatic heterocycles. The van der Waals surface area contributed by atoms with Crippen molar-refractivity contribution in [3.05, 3.63) is 65.5 Å². The maximum Gasteiger partial charge on any atom is 0.331 e. The van der Waals surface area contributed by atoms with Crippen LogP contribution in [-0.2, 0) is 16.0 Å². The third kappa shape index (κ3) is 3.01. The van der Waals surface area contributed by atoms with Crippen molar-refractivity contribution in [3.63, 3.8) is 0 Å². The van der Waals surface area contributed by atoms with E-state index in [-0.39, 0.29) is 12.1 Å². The lowest BCUT2D eigenvalue weighted by Gasteiger charge is -2.10. The molecule has 22 heavy (non-hydrogen) atoms. The Morgan fingerprint density at radius 2 is 2.14 bits per heavy atom. The summed E-state index contributed by atoms with van der Waals surface area (Å²) in [4.78, 5) is 16.3. The molecule has 1 aromatic carbocycles. The molecular weight excluding hydrogens is 278 g/mol. The number of esters is 1. The number of rotatable bonds is 4. The van der Waals surface area contributed by atoms with E-state index in [0.29, 0.717) is 0 Å². The van der Waals surface area contributed by atoms with Gasteiger partial charge in [-0.05, 0) is 36.6 Å². The Morgan fingerprint density at radius 3 is 3.00 bits per heavy atom. The Hall–Kier alpha value is -2.62. The first-order valence-corrected chi connectivity index (χ1v) is 7.23. The van der Waals surface area contributed by atoms with Crippen molar-refractivity contribution in [2.24, 2.45) is 0 Å². The SMILES string of the molecule is COc1ccccc1/C=C/C(=O)OC1CCc2cccnc21. The molecule has 1 aliphatic rings. The van der Waals surface area contributed by atoms with E-state index >= 15 is 0 Å². The lowest BCUT2D eigenvalue weighted by molar-refractivity contribution is -0.143. The van der Waals surface area contributed by atoms with Gasteiger partial charge in [-0.1, -0.05) is 24.3 Å². The zero-order valence-electron chi connectivity index (χ0n) is 12.4. The number of carbonyl (C=O) groups excluding carboxylic acids is 1.